The fourth-order valence-corrected chi connectivity index (χ4v) is 3.43. The van der Waals surface area contributed by atoms with Crippen LogP contribution in [-0.2, 0) is 4.79 Å². The van der Waals surface area contributed by atoms with Gasteiger partial charge in [0.2, 0.25) is 0 Å². The molecule has 3 aromatic carbocycles. The lowest BCUT2D eigenvalue weighted by Gasteiger charge is -2.11. The summed E-state index contributed by atoms with van der Waals surface area (Å²) in [6, 6.07) is 17.1. The Morgan fingerprint density at radius 3 is 2.28 bits per heavy atom. The molecule has 0 spiro atoms. The summed E-state index contributed by atoms with van der Waals surface area (Å²) in [6.07, 6.45) is 4.60. The SMILES string of the molecule is COc1cc(/C=N/c2ccc(C(=O)O)cc2)cc(Br)c1OC(=O)/C=C/c1ccc(Br)cc1. The minimum Gasteiger partial charge on any atom is -0.493 e. The Hall–Kier alpha value is -3.23. The van der Waals surface area contributed by atoms with E-state index < -0.39 is 11.9 Å². The number of nitrogens with zero attached hydrogens (tertiary/aromatic N) is 1. The van der Waals surface area contributed by atoms with Crippen LogP contribution >= 0.6 is 31.9 Å². The number of halogens is 2. The van der Waals surface area contributed by atoms with Gasteiger partial charge in [0.1, 0.15) is 0 Å². The quantitative estimate of drug-likeness (QED) is 0.159. The normalized spacial score (nSPS) is 11.1. The topological polar surface area (TPSA) is 85.2 Å². The molecule has 0 amide bonds. The van der Waals surface area contributed by atoms with Crippen molar-refractivity contribution in [3.05, 3.63) is 92.4 Å². The number of hydrogen-bond donors (Lipinski definition) is 1. The highest BCUT2D eigenvalue weighted by molar-refractivity contribution is 9.10. The maximum absolute atomic E-state index is 12.3. The van der Waals surface area contributed by atoms with Gasteiger partial charge in [0.15, 0.2) is 11.5 Å². The molecule has 0 atom stereocenters. The molecule has 0 unspecified atom stereocenters. The molecule has 6 nitrogen and oxygen atoms in total. The largest absolute Gasteiger partial charge is 0.493 e. The molecule has 0 heterocycles. The Morgan fingerprint density at radius 1 is 0.969 bits per heavy atom. The fourth-order valence-electron chi connectivity index (χ4n) is 2.63. The second-order valence-corrected chi connectivity index (χ2v) is 8.22. The number of hydrogen-bond acceptors (Lipinski definition) is 5. The molecule has 3 aromatic rings. The van der Waals surface area contributed by atoms with Crippen LogP contribution in [0.25, 0.3) is 6.08 Å². The van der Waals surface area contributed by atoms with E-state index in [1.165, 1.54) is 25.3 Å². The zero-order valence-corrected chi connectivity index (χ0v) is 20.0. The predicted molar refractivity (Wildman–Crippen MR) is 130 cm³/mol. The van der Waals surface area contributed by atoms with E-state index in [0.717, 1.165) is 10.0 Å². The molecule has 0 bridgehead atoms. The Kier molecular flexibility index (Phi) is 7.97. The highest BCUT2D eigenvalue weighted by Gasteiger charge is 2.14. The summed E-state index contributed by atoms with van der Waals surface area (Å²) in [5.74, 6) is -0.939. The minimum atomic E-state index is -0.994. The van der Waals surface area contributed by atoms with Crippen LogP contribution in [0.4, 0.5) is 5.69 Å². The van der Waals surface area contributed by atoms with E-state index in [9.17, 15) is 9.59 Å². The average molecular weight is 559 g/mol. The van der Waals surface area contributed by atoms with Crippen molar-refractivity contribution in [2.45, 2.75) is 0 Å². The molecule has 0 radical (unpaired) electrons. The molecule has 0 saturated carbocycles. The number of rotatable bonds is 7. The number of aromatic carboxylic acids is 1. The number of aliphatic imine (C=N–C) groups is 1. The van der Waals surface area contributed by atoms with Gasteiger partial charge in [-0.25, -0.2) is 9.59 Å². The lowest BCUT2D eigenvalue weighted by molar-refractivity contribution is -0.129. The van der Waals surface area contributed by atoms with Crippen molar-refractivity contribution in [3.8, 4) is 11.5 Å². The molecule has 0 aliphatic rings. The lowest BCUT2D eigenvalue weighted by Crippen LogP contribution is -2.06. The Labute approximate surface area is 201 Å². The Balaban J connectivity index is 1.74. The first-order valence-electron chi connectivity index (χ1n) is 9.26. The van der Waals surface area contributed by atoms with Gasteiger partial charge in [-0.15, -0.1) is 0 Å². The average Bonchev–Trinajstić information content (AvgIpc) is 2.79. The number of esters is 1. The summed E-state index contributed by atoms with van der Waals surface area (Å²) >= 11 is 6.78. The van der Waals surface area contributed by atoms with Crippen molar-refractivity contribution in [2.75, 3.05) is 7.11 Å². The molecule has 0 aromatic heterocycles. The molecular formula is C24H17Br2NO5. The van der Waals surface area contributed by atoms with Crippen LogP contribution in [0.3, 0.4) is 0 Å². The van der Waals surface area contributed by atoms with Gasteiger partial charge in [0, 0.05) is 16.8 Å². The minimum absolute atomic E-state index is 0.189. The van der Waals surface area contributed by atoms with Gasteiger partial charge >= 0.3 is 11.9 Å². The second kappa shape index (κ2) is 10.9. The van der Waals surface area contributed by atoms with Crippen molar-refractivity contribution in [1.29, 1.82) is 0 Å². The first kappa shape index (κ1) is 23.4. The van der Waals surface area contributed by atoms with Crippen LogP contribution in [0, 0.1) is 0 Å². The van der Waals surface area contributed by atoms with E-state index in [0.29, 0.717) is 21.5 Å². The van der Waals surface area contributed by atoms with E-state index in [4.69, 9.17) is 14.6 Å². The fraction of sp³-hybridized carbons (Fsp3) is 0.0417. The van der Waals surface area contributed by atoms with Crippen LogP contribution in [0.2, 0.25) is 0 Å². The summed E-state index contributed by atoms with van der Waals surface area (Å²) in [5, 5.41) is 8.96. The highest BCUT2D eigenvalue weighted by atomic mass is 79.9. The Morgan fingerprint density at radius 2 is 1.66 bits per heavy atom. The standard InChI is InChI=1S/C24H17Br2NO5/c1-31-21-13-16(14-27-19-9-5-17(6-10-19)24(29)30)12-20(26)23(21)32-22(28)11-4-15-2-7-18(25)8-3-15/h2-14H,1H3,(H,29,30)/b11-4+,27-14+. The summed E-state index contributed by atoms with van der Waals surface area (Å²) in [5.41, 5.74) is 2.34. The van der Waals surface area contributed by atoms with Crippen LogP contribution < -0.4 is 9.47 Å². The molecular weight excluding hydrogens is 542 g/mol. The van der Waals surface area contributed by atoms with Gasteiger partial charge in [0.25, 0.3) is 0 Å². The molecule has 8 heteroatoms. The van der Waals surface area contributed by atoms with Crippen LogP contribution in [-0.4, -0.2) is 30.4 Å². The maximum Gasteiger partial charge on any atom is 0.336 e. The number of ether oxygens (including phenoxy) is 2. The van der Waals surface area contributed by atoms with Gasteiger partial charge < -0.3 is 14.6 Å². The molecule has 1 N–H and O–H groups in total. The predicted octanol–water partition coefficient (Wildman–Crippen LogP) is 6.29. The molecule has 0 fully saturated rings. The van der Waals surface area contributed by atoms with Gasteiger partial charge in [-0.05, 0) is 81.7 Å². The number of carbonyl (C=O) groups is 2. The molecule has 3 rings (SSSR count). The molecule has 32 heavy (non-hydrogen) atoms. The smallest absolute Gasteiger partial charge is 0.336 e. The summed E-state index contributed by atoms with van der Waals surface area (Å²) in [7, 11) is 1.47. The zero-order chi connectivity index (χ0) is 23.1. The second-order valence-electron chi connectivity index (χ2n) is 6.45. The van der Waals surface area contributed by atoms with E-state index in [2.05, 4.69) is 36.9 Å². The molecule has 0 saturated heterocycles. The summed E-state index contributed by atoms with van der Waals surface area (Å²) in [6.45, 7) is 0. The summed E-state index contributed by atoms with van der Waals surface area (Å²) < 4.78 is 12.3. The van der Waals surface area contributed by atoms with Crippen LogP contribution in [0.1, 0.15) is 21.5 Å². The van der Waals surface area contributed by atoms with E-state index in [1.807, 2.05) is 24.3 Å². The number of benzene rings is 3. The van der Waals surface area contributed by atoms with Gasteiger partial charge in [-0.3, -0.25) is 4.99 Å². The van der Waals surface area contributed by atoms with Gasteiger partial charge in [-0.2, -0.15) is 0 Å². The number of methoxy groups -OCH3 is 1. The first-order chi connectivity index (χ1) is 15.4. The van der Waals surface area contributed by atoms with Gasteiger partial charge in [-0.1, -0.05) is 28.1 Å². The van der Waals surface area contributed by atoms with Crippen molar-refractivity contribution >= 4 is 61.8 Å². The third-order valence-electron chi connectivity index (χ3n) is 4.21. The maximum atomic E-state index is 12.3. The summed E-state index contributed by atoms with van der Waals surface area (Å²) in [4.78, 5) is 27.6. The highest BCUT2D eigenvalue weighted by Crippen LogP contribution is 2.36. The monoisotopic (exact) mass is 557 g/mol. The van der Waals surface area contributed by atoms with Crippen molar-refractivity contribution in [2.24, 2.45) is 4.99 Å². The molecule has 0 aliphatic heterocycles. The van der Waals surface area contributed by atoms with Crippen molar-refractivity contribution < 1.29 is 24.2 Å². The molecule has 162 valence electrons. The number of carboxylic acids is 1. The number of carboxylic acid groups (broad SMARTS) is 1. The third-order valence-corrected chi connectivity index (χ3v) is 5.33. The third kappa shape index (κ3) is 6.38. The molecule has 0 aliphatic carbocycles. The first-order valence-corrected chi connectivity index (χ1v) is 10.8. The van der Waals surface area contributed by atoms with E-state index in [1.54, 1.807) is 36.6 Å². The number of carbonyl (C=O) groups excluding carboxylic acids is 1. The Bertz CT molecular complexity index is 1190. The van der Waals surface area contributed by atoms with Gasteiger partial charge in [0.05, 0.1) is 22.8 Å². The lowest BCUT2D eigenvalue weighted by atomic mass is 10.2. The van der Waals surface area contributed by atoms with Crippen molar-refractivity contribution in [1.82, 2.24) is 0 Å². The van der Waals surface area contributed by atoms with Crippen LogP contribution in [0.15, 0.2) is 80.7 Å². The van der Waals surface area contributed by atoms with E-state index >= 15 is 0 Å². The van der Waals surface area contributed by atoms with E-state index in [-0.39, 0.29) is 11.3 Å². The van der Waals surface area contributed by atoms with Crippen molar-refractivity contribution in [3.63, 3.8) is 0 Å². The van der Waals surface area contributed by atoms with Crippen LogP contribution in [0.5, 0.6) is 11.5 Å². The zero-order valence-electron chi connectivity index (χ0n) is 16.8.